The number of aryl methyl sites for hydroxylation is 2. The maximum Gasteiger partial charge on any atom is 0.416 e. The summed E-state index contributed by atoms with van der Waals surface area (Å²) in [6, 6.07) is 15.5. The second-order valence-corrected chi connectivity index (χ2v) is 8.15. The van der Waals surface area contributed by atoms with Crippen LogP contribution in [-0.2, 0) is 23.8 Å². The second kappa shape index (κ2) is 11.6. The predicted octanol–water partition coefficient (Wildman–Crippen LogP) is 5.80. The minimum absolute atomic E-state index is 0.0183. The predicted molar refractivity (Wildman–Crippen MR) is 128 cm³/mol. The Bertz CT molecular complexity index is 1240. The molecule has 0 fully saturated rings. The fourth-order valence-electron chi connectivity index (χ4n) is 3.63. The summed E-state index contributed by atoms with van der Waals surface area (Å²) in [6.45, 7) is 2.15. The molecular formula is C27H26F3NO5. The van der Waals surface area contributed by atoms with Crippen molar-refractivity contribution in [3.63, 3.8) is 0 Å². The highest BCUT2D eigenvalue weighted by Crippen LogP contribution is 2.33. The van der Waals surface area contributed by atoms with Gasteiger partial charge in [0.15, 0.2) is 0 Å². The van der Waals surface area contributed by atoms with Gasteiger partial charge in [-0.25, -0.2) is 0 Å². The van der Waals surface area contributed by atoms with E-state index < -0.39 is 23.6 Å². The van der Waals surface area contributed by atoms with E-state index >= 15 is 0 Å². The Hall–Kier alpha value is -4.01. The molecule has 0 aromatic heterocycles. The smallest absolute Gasteiger partial charge is 0.416 e. The molecule has 2 N–H and O–H groups in total. The third-order valence-electron chi connectivity index (χ3n) is 5.53. The standard InChI is InChI=1S/C27H26F3NO5/c1-17-14-22(9-6-19(17)7-11-25(32)33)36-21-5-3-4-18(15-21)12-13-31-26(34)23-10-8-20(27(28,29)30)16-24(23)35-2/h3-6,8-10,14-16H,7,11-13H2,1-2H3,(H,31,34)(H,32,33). The van der Waals surface area contributed by atoms with Crippen LogP contribution < -0.4 is 14.8 Å². The highest BCUT2D eigenvalue weighted by atomic mass is 19.4. The number of halogens is 3. The molecule has 0 radical (unpaired) electrons. The number of methoxy groups -OCH3 is 1. The van der Waals surface area contributed by atoms with Gasteiger partial charge in [0.25, 0.3) is 5.91 Å². The number of hydrogen-bond donors (Lipinski definition) is 2. The molecule has 6 nitrogen and oxygen atoms in total. The van der Waals surface area contributed by atoms with Crippen molar-refractivity contribution in [3.8, 4) is 17.2 Å². The third-order valence-corrected chi connectivity index (χ3v) is 5.53. The minimum Gasteiger partial charge on any atom is -0.496 e. The van der Waals surface area contributed by atoms with E-state index in [4.69, 9.17) is 14.6 Å². The molecule has 0 aliphatic carbocycles. The number of carboxylic acids is 1. The maximum atomic E-state index is 12.9. The molecule has 0 bridgehead atoms. The molecule has 0 aliphatic rings. The van der Waals surface area contributed by atoms with Crippen LogP contribution in [0.15, 0.2) is 60.7 Å². The van der Waals surface area contributed by atoms with Gasteiger partial charge in [-0.05, 0) is 78.9 Å². The number of rotatable bonds is 10. The quantitative estimate of drug-likeness (QED) is 0.367. The number of carboxylic acid groups (broad SMARTS) is 1. The molecule has 0 saturated carbocycles. The van der Waals surface area contributed by atoms with Crippen molar-refractivity contribution in [1.29, 1.82) is 0 Å². The molecule has 0 aliphatic heterocycles. The van der Waals surface area contributed by atoms with Gasteiger partial charge < -0.3 is 19.9 Å². The number of hydrogen-bond acceptors (Lipinski definition) is 4. The minimum atomic E-state index is -4.53. The summed E-state index contributed by atoms with van der Waals surface area (Å²) >= 11 is 0. The maximum absolute atomic E-state index is 12.9. The zero-order chi connectivity index (χ0) is 26.3. The van der Waals surface area contributed by atoms with Gasteiger partial charge in [0.05, 0.1) is 18.2 Å². The summed E-state index contributed by atoms with van der Waals surface area (Å²) in [5.74, 6) is -0.318. The van der Waals surface area contributed by atoms with Gasteiger partial charge in [-0.1, -0.05) is 18.2 Å². The van der Waals surface area contributed by atoms with E-state index in [1.807, 2.05) is 37.3 Å². The van der Waals surface area contributed by atoms with Crippen molar-refractivity contribution in [3.05, 3.63) is 88.5 Å². The van der Waals surface area contributed by atoms with Gasteiger partial charge in [-0.3, -0.25) is 9.59 Å². The lowest BCUT2D eigenvalue weighted by atomic mass is 10.0. The zero-order valence-corrected chi connectivity index (χ0v) is 19.8. The molecule has 3 rings (SSSR count). The average molecular weight is 502 g/mol. The molecule has 0 atom stereocenters. The Balaban J connectivity index is 1.59. The summed E-state index contributed by atoms with van der Waals surface area (Å²) in [5.41, 5.74) is 1.90. The molecule has 190 valence electrons. The fraction of sp³-hybridized carbons (Fsp3) is 0.259. The van der Waals surface area contributed by atoms with Crippen LogP contribution in [0.25, 0.3) is 0 Å². The summed E-state index contributed by atoms with van der Waals surface area (Å²) in [4.78, 5) is 23.3. The van der Waals surface area contributed by atoms with E-state index in [0.29, 0.717) is 24.3 Å². The van der Waals surface area contributed by atoms with Crippen molar-refractivity contribution < 1.29 is 37.3 Å². The van der Waals surface area contributed by atoms with Crippen molar-refractivity contribution in [2.45, 2.75) is 32.4 Å². The number of alkyl halides is 3. The molecular weight excluding hydrogens is 475 g/mol. The van der Waals surface area contributed by atoms with Crippen LogP contribution in [0.3, 0.4) is 0 Å². The van der Waals surface area contributed by atoms with Crippen LogP contribution in [0.4, 0.5) is 13.2 Å². The van der Waals surface area contributed by atoms with E-state index in [9.17, 15) is 22.8 Å². The fourth-order valence-corrected chi connectivity index (χ4v) is 3.63. The van der Waals surface area contributed by atoms with E-state index in [-0.39, 0.29) is 24.3 Å². The van der Waals surface area contributed by atoms with Crippen LogP contribution in [-0.4, -0.2) is 30.6 Å². The van der Waals surface area contributed by atoms with Gasteiger partial charge in [-0.2, -0.15) is 13.2 Å². The first-order chi connectivity index (χ1) is 17.1. The van der Waals surface area contributed by atoms with E-state index in [1.165, 1.54) is 7.11 Å². The number of aliphatic carboxylic acids is 1. The van der Waals surface area contributed by atoms with Gasteiger partial charge >= 0.3 is 12.1 Å². The number of amides is 1. The van der Waals surface area contributed by atoms with E-state index in [2.05, 4.69) is 5.32 Å². The first-order valence-electron chi connectivity index (χ1n) is 11.2. The highest BCUT2D eigenvalue weighted by Gasteiger charge is 2.31. The molecule has 9 heteroatoms. The topological polar surface area (TPSA) is 84.9 Å². The van der Waals surface area contributed by atoms with Crippen LogP contribution in [0, 0.1) is 6.92 Å². The molecule has 1 amide bonds. The second-order valence-electron chi connectivity index (χ2n) is 8.15. The molecule has 3 aromatic rings. The lowest BCUT2D eigenvalue weighted by Crippen LogP contribution is -2.26. The molecule has 0 unspecified atom stereocenters. The van der Waals surface area contributed by atoms with Crippen molar-refractivity contribution >= 4 is 11.9 Å². The molecule has 0 spiro atoms. The summed E-state index contributed by atoms with van der Waals surface area (Å²) in [6.07, 6.45) is -3.55. The van der Waals surface area contributed by atoms with Gasteiger partial charge in [0, 0.05) is 13.0 Å². The highest BCUT2D eigenvalue weighted by molar-refractivity contribution is 5.97. The Labute approximate surface area is 206 Å². The Morgan fingerprint density at radius 1 is 0.972 bits per heavy atom. The number of nitrogens with one attached hydrogen (secondary N) is 1. The van der Waals surface area contributed by atoms with Crippen LogP contribution in [0.5, 0.6) is 17.2 Å². The molecule has 0 heterocycles. The van der Waals surface area contributed by atoms with E-state index in [0.717, 1.165) is 34.9 Å². The third kappa shape index (κ3) is 7.24. The zero-order valence-electron chi connectivity index (χ0n) is 19.8. The molecule has 36 heavy (non-hydrogen) atoms. The van der Waals surface area contributed by atoms with Crippen LogP contribution in [0.2, 0.25) is 0 Å². The van der Waals surface area contributed by atoms with Gasteiger partial charge in [0.2, 0.25) is 0 Å². The molecule has 0 saturated heterocycles. The number of benzene rings is 3. The van der Waals surface area contributed by atoms with Crippen LogP contribution in [0.1, 0.15) is 39.0 Å². The lowest BCUT2D eigenvalue weighted by molar-refractivity contribution is -0.138. The largest absolute Gasteiger partial charge is 0.496 e. The first-order valence-corrected chi connectivity index (χ1v) is 11.2. The van der Waals surface area contributed by atoms with Gasteiger partial charge in [0.1, 0.15) is 17.2 Å². The number of carbonyl (C=O) groups is 2. The summed E-state index contributed by atoms with van der Waals surface area (Å²) in [7, 11) is 1.21. The van der Waals surface area contributed by atoms with Gasteiger partial charge in [-0.15, -0.1) is 0 Å². The summed E-state index contributed by atoms with van der Waals surface area (Å²) in [5, 5.41) is 11.6. The van der Waals surface area contributed by atoms with Crippen molar-refractivity contribution in [1.82, 2.24) is 5.32 Å². The molecule has 3 aromatic carbocycles. The van der Waals surface area contributed by atoms with Crippen molar-refractivity contribution in [2.24, 2.45) is 0 Å². The number of carbonyl (C=O) groups excluding carboxylic acids is 1. The lowest BCUT2D eigenvalue weighted by Gasteiger charge is -2.13. The normalized spacial score (nSPS) is 11.1. The first kappa shape index (κ1) is 26.6. The SMILES string of the molecule is COc1cc(C(F)(F)F)ccc1C(=O)NCCc1cccc(Oc2ccc(CCC(=O)O)c(C)c2)c1. The Morgan fingerprint density at radius 2 is 1.72 bits per heavy atom. The Kier molecular flexibility index (Phi) is 8.58. The van der Waals surface area contributed by atoms with Crippen LogP contribution >= 0.6 is 0 Å². The Morgan fingerprint density at radius 3 is 2.39 bits per heavy atom. The monoisotopic (exact) mass is 501 g/mol. The van der Waals surface area contributed by atoms with Crippen molar-refractivity contribution in [2.75, 3.05) is 13.7 Å². The van der Waals surface area contributed by atoms with E-state index in [1.54, 1.807) is 12.1 Å². The average Bonchev–Trinajstić information content (AvgIpc) is 2.82. The summed E-state index contributed by atoms with van der Waals surface area (Å²) < 4.78 is 49.6. The number of ether oxygens (including phenoxy) is 2.